The van der Waals surface area contributed by atoms with Crippen LogP contribution in [0.2, 0.25) is 0 Å². The van der Waals surface area contributed by atoms with Crippen molar-refractivity contribution in [3.8, 4) is 0 Å². The van der Waals surface area contributed by atoms with Gasteiger partial charge in [-0.05, 0) is 25.5 Å². The zero-order chi connectivity index (χ0) is 8.85. The second-order valence-corrected chi connectivity index (χ2v) is 2.49. The second-order valence-electron chi connectivity index (χ2n) is 2.49. The Morgan fingerprint density at radius 1 is 1.27 bits per heavy atom. The molecule has 0 bridgehead atoms. The first-order chi connectivity index (χ1) is 5.20. The molecule has 0 heterocycles. The van der Waals surface area contributed by atoms with Crippen LogP contribution < -0.4 is 0 Å². The second kappa shape index (κ2) is 5.11. The number of hydrogen-bond acceptors (Lipinski definition) is 0. The third-order valence-corrected chi connectivity index (χ3v) is 1.70. The molecular formula is C10H17F. The van der Waals surface area contributed by atoms with Crippen LogP contribution in [0.4, 0.5) is 4.39 Å². The van der Waals surface area contributed by atoms with Crippen LogP contribution in [0.25, 0.3) is 0 Å². The summed E-state index contributed by atoms with van der Waals surface area (Å²) in [6, 6.07) is 0. The fraction of sp³-hybridized carbons (Fsp3) is 0.600. The molecule has 1 aliphatic rings. The molecule has 0 spiro atoms. The topological polar surface area (TPSA) is 0 Å². The van der Waals surface area contributed by atoms with Crippen LogP contribution in [-0.2, 0) is 0 Å². The van der Waals surface area contributed by atoms with E-state index in [1.807, 2.05) is 33.8 Å². The summed E-state index contributed by atoms with van der Waals surface area (Å²) in [7, 11) is 0. The molecule has 1 unspecified atom stereocenters. The van der Waals surface area contributed by atoms with Gasteiger partial charge in [0.25, 0.3) is 0 Å². The van der Waals surface area contributed by atoms with E-state index in [-0.39, 0.29) is 0 Å². The average Bonchev–Trinajstić information content (AvgIpc) is 2.02. The normalized spacial score (nSPS) is 22.8. The summed E-state index contributed by atoms with van der Waals surface area (Å²) in [5.41, 5.74) is 2.29. The lowest BCUT2D eigenvalue weighted by atomic mass is 10.00. The zero-order valence-electron chi connectivity index (χ0n) is 7.82. The Morgan fingerprint density at radius 3 is 2.18 bits per heavy atom. The van der Waals surface area contributed by atoms with Crippen LogP contribution >= 0.6 is 0 Å². The molecule has 1 heteroatoms. The SMILES string of the molecule is CC.CC1=CCC(F)C=C1C. The highest BCUT2D eigenvalue weighted by molar-refractivity contribution is 5.31. The van der Waals surface area contributed by atoms with Crippen LogP contribution in [0.1, 0.15) is 34.1 Å². The molecule has 0 aromatic rings. The van der Waals surface area contributed by atoms with E-state index < -0.39 is 6.17 Å². The van der Waals surface area contributed by atoms with Gasteiger partial charge in [0, 0.05) is 6.42 Å². The highest BCUT2D eigenvalue weighted by atomic mass is 19.1. The van der Waals surface area contributed by atoms with Gasteiger partial charge in [0.1, 0.15) is 6.17 Å². The quantitative estimate of drug-likeness (QED) is 0.502. The summed E-state index contributed by atoms with van der Waals surface area (Å²) < 4.78 is 12.5. The first-order valence-corrected chi connectivity index (χ1v) is 4.20. The number of halogens is 1. The molecule has 0 N–H and O–H groups in total. The lowest BCUT2D eigenvalue weighted by Crippen LogP contribution is -2.00. The van der Waals surface area contributed by atoms with E-state index in [0.717, 1.165) is 5.57 Å². The fourth-order valence-electron chi connectivity index (χ4n) is 0.921. The maximum Gasteiger partial charge on any atom is 0.122 e. The maximum absolute atomic E-state index is 12.5. The lowest BCUT2D eigenvalue weighted by Gasteiger charge is -2.10. The van der Waals surface area contributed by atoms with E-state index in [1.54, 1.807) is 6.08 Å². The van der Waals surface area contributed by atoms with E-state index in [0.29, 0.717) is 6.42 Å². The largest absolute Gasteiger partial charge is 0.243 e. The van der Waals surface area contributed by atoms with E-state index >= 15 is 0 Å². The molecule has 0 amide bonds. The molecule has 1 aliphatic carbocycles. The maximum atomic E-state index is 12.5. The Labute approximate surface area is 68.8 Å². The van der Waals surface area contributed by atoms with Crippen molar-refractivity contribution in [2.45, 2.75) is 40.3 Å². The minimum atomic E-state index is -0.742. The van der Waals surface area contributed by atoms with E-state index in [9.17, 15) is 4.39 Å². The van der Waals surface area contributed by atoms with E-state index in [1.165, 1.54) is 5.57 Å². The molecule has 0 saturated carbocycles. The van der Waals surface area contributed by atoms with Crippen molar-refractivity contribution in [2.75, 3.05) is 0 Å². The predicted octanol–water partition coefficient (Wildman–Crippen LogP) is 3.65. The molecule has 0 radical (unpaired) electrons. The van der Waals surface area contributed by atoms with Gasteiger partial charge in [0.2, 0.25) is 0 Å². The van der Waals surface area contributed by atoms with Crippen LogP contribution in [-0.4, -0.2) is 6.17 Å². The van der Waals surface area contributed by atoms with Gasteiger partial charge in [-0.15, -0.1) is 0 Å². The van der Waals surface area contributed by atoms with Gasteiger partial charge >= 0.3 is 0 Å². The average molecular weight is 156 g/mol. The molecule has 0 nitrogen and oxygen atoms in total. The monoisotopic (exact) mass is 156 g/mol. The summed E-state index contributed by atoms with van der Waals surface area (Å²) in [5.74, 6) is 0. The van der Waals surface area contributed by atoms with Crippen molar-refractivity contribution in [3.63, 3.8) is 0 Å². The number of alkyl halides is 1. The molecular weight excluding hydrogens is 139 g/mol. The van der Waals surface area contributed by atoms with Crippen LogP contribution in [0.5, 0.6) is 0 Å². The summed E-state index contributed by atoms with van der Waals surface area (Å²) in [4.78, 5) is 0. The number of rotatable bonds is 0. The Kier molecular flexibility index (Phi) is 4.84. The van der Waals surface area contributed by atoms with E-state index in [2.05, 4.69) is 0 Å². The summed E-state index contributed by atoms with van der Waals surface area (Å²) in [5, 5.41) is 0. The Morgan fingerprint density at radius 2 is 1.82 bits per heavy atom. The number of hydrogen-bond donors (Lipinski definition) is 0. The molecule has 1 rings (SSSR count). The summed E-state index contributed by atoms with van der Waals surface area (Å²) >= 11 is 0. The van der Waals surface area contributed by atoms with E-state index in [4.69, 9.17) is 0 Å². The van der Waals surface area contributed by atoms with Gasteiger partial charge in [-0.25, -0.2) is 4.39 Å². The molecule has 1 atom stereocenters. The van der Waals surface area contributed by atoms with Gasteiger partial charge in [-0.1, -0.05) is 25.5 Å². The van der Waals surface area contributed by atoms with Crippen molar-refractivity contribution >= 4 is 0 Å². The zero-order valence-corrected chi connectivity index (χ0v) is 7.82. The Bertz CT molecular complexity index is 166. The van der Waals surface area contributed by atoms with Crippen LogP contribution in [0, 0.1) is 0 Å². The molecule has 0 saturated heterocycles. The fourth-order valence-corrected chi connectivity index (χ4v) is 0.921. The van der Waals surface area contributed by atoms with Crippen molar-refractivity contribution in [1.82, 2.24) is 0 Å². The van der Waals surface area contributed by atoms with Gasteiger partial charge in [-0.3, -0.25) is 0 Å². The highest BCUT2D eigenvalue weighted by Gasteiger charge is 2.07. The van der Waals surface area contributed by atoms with Gasteiger partial charge in [0.15, 0.2) is 0 Å². The predicted molar refractivity (Wildman–Crippen MR) is 48.4 cm³/mol. The highest BCUT2D eigenvalue weighted by Crippen LogP contribution is 2.18. The van der Waals surface area contributed by atoms with Gasteiger partial charge < -0.3 is 0 Å². The Hall–Kier alpha value is -0.590. The number of allylic oxidation sites excluding steroid dienone is 4. The van der Waals surface area contributed by atoms with Crippen molar-refractivity contribution < 1.29 is 4.39 Å². The third kappa shape index (κ3) is 3.35. The van der Waals surface area contributed by atoms with Crippen molar-refractivity contribution in [1.29, 1.82) is 0 Å². The molecule has 0 aliphatic heterocycles. The van der Waals surface area contributed by atoms with Gasteiger partial charge in [0.05, 0.1) is 0 Å². The summed E-state index contributed by atoms with van der Waals surface area (Å²) in [6.45, 7) is 7.95. The Balaban J connectivity index is 0.000000461. The molecule has 11 heavy (non-hydrogen) atoms. The molecule has 0 fully saturated rings. The van der Waals surface area contributed by atoms with Crippen LogP contribution in [0.15, 0.2) is 23.3 Å². The van der Waals surface area contributed by atoms with Crippen molar-refractivity contribution in [2.24, 2.45) is 0 Å². The van der Waals surface area contributed by atoms with Gasteiger partial charge in [-0.2, -0.15) is 0 Å². The summed E-state index contributed by atoms with van der Waals surface area (Å²) in [6.07, 6.45) is 3.44. The first-order valence-electron chi connectivity index (χ1n) is 4.20. The first kappa shape index (κ1) is 10.4. The third-order valence-electron chi connectivity index (χ3n) is 1.70. The smallest absolute Gasteiger partial charge is 0.122 e. The molecule has 64 valence electrons. The minimum Gasteiger partial charge on any atom is -0.243 e. The molecule has 0 aromatic carbocycles. The standard InChI is InChI=1S/C8H11F.C2H6/c1-6-3-4-8(9)5-7(6)2;1-2/h3,5,8H,4H2,1-2H3;1-2H3. The minimum absolute atomic E-state index is 0.559. The van der Waals surface area contributed by atoms with Crippen LogP contribution in [0.3, 0.4) is 0 Å². The lowest BCUT2D eigenvalue weighted by molar-refractivity contribution is 0.398. The molecule has 0 aromatic heterocycles. The van der Waals surface area contributed by atoms with Crippen molar-refractivity contribution in [3.05, 3.63) is 23.3 Å².